The van der Waals surface area contributed by atoms with Gasteiger partial charge in [0.05, 0.1) is 21.4 Å². The molecule has 17 heavy (non-hydrogen) atoms. The Labute approximate surface area is 110 Å². The van der Waals surface area contributed by atoms with Crippen molar-refractivity contribution in [2.24, 2.45) is 0 Å². The quantitative estimate of drug-likeness (QED) is 0.882. The van der Waals surface area contributed by atoms with Gasteiger partial charge < -0.3 is 5.73 Å². The van der Waals surface area contributed by atoms with Crippen molar-refractivity contribution in [1.82, 2.24) is 9.97 Å². The summed E-state index contributed by atoms with van der Waals surface area (Å²) in [5, 5.41) is 0. The monoisotopic (exact) mass is 311 g/mol. The van der Waals surface area contributed by atoms with Gasteiger partial charge in [-0.25, -0.2) is 9.97 Å². The third-order valence-electron chi connectivity index (χ3n) is 2.08. The van der Waals surface area contributed by atoms with Gasteiger partial charge in [0.25, 0.3) is 0 Å². The first kappa shape index (κ1) is 12.2. The Morgan fingerprint density at radius 2 is 2.00 bits per heavy atom. The van der Waals surface area contributed by atoms with E-state index in [-0.39, 0.29) is 0 Å². The number of nitrogens with zero attached hydrogens (tertiary/aromatic N) is 2. The third-order valence-corrected chi connectivity index (χ3v) is 4.37. The average Bonchev–Trinajstić information content (AvgIpc) is 2.30. The van der Waals surface area contributed by atoms with Crippen LogP contribution in [-0.2, 0) is 16.6 Å². The van der Waals surface area contributed by atoms with Crippen molar-refractivity contribution in [3.8, 4) is 0 Å². The minimum absolute atomic E-state index is 0.295. The van der Waals surface area contributed by atoms with Gasteiger partial charge in [-0.05, 0) is 40.2 Å². The second-order valence-corrected chi connectivity index (χ2v) is 5.62. The highest BCUT2D eigenvalue weighted by molar-refractivity contribution is 9.10. The van der Waals surface area contributed by atoms with Crippen LogP contribution in [0.4, 0.5) is 5.69 Å². The molecule has 0 aliphatic carbocycles. The van der Waals surface area contributed by atoms with E-state index in [1.807, 2.05) is 0 Å². The summed E-state index contributed by atoms with van der Waals surface area (Å²) in [5.41, 5.74) is 6.26. The number of rotatable bonds is 3. The number of aromatic nitrogens is 2. The second kappa shape index (κ2) is 5.37. The van der Waals surface area contributed by atoms with Crippen LogP contribution in [0.5, 0.6) is 0 Å². The number of hydrogen-bond acceptors (Lipinski definition) is 4. The zero-order valence-electron chi connectivity index (χ0n) is 8.84. The van der Waals surface area contributed by atoms with E-state index in [9.17, 15) is 4.21 Å². The number of halogens is 1. The van der Waals surface area contributed by atoms with E-state index < -0.39 is 10.8 Å². The fraction of sp³-hybridized carbons (Fsp3) is 0.0909. The zero-order chi connectivity index (χ0) is 12.3. The van der Waals surface area contributed by atoms with Crippen molar-refractivity contribution in [2.45, 2.75) is 10.6 Å². The van der Waals surface area contributed by atoms with Crippen LogP contribution in [-0.4, -0.2) is 14.2 Å². The highest BCUT2D eigenvalue weighted by Gasteiger charge is 2.10. The Hall–Kier alpha value is -1.27. The van der Waals surface area contributed by atoms with Crippen LogP contribution in [0.2, 0.25) is 0 Å². The maximum Gasteiger partial charge on any atom is 0.141 e. The number of anilines is 1. The fourth-order valence-corrected chi connectivity index (χ4v) is 3.27. The standard InChI is InChI=1S/C11H10BrN3OS/c12-9-6-8(13)2-3-10(9)17(16)7-11-14-4-1-5-15-11/h1-6H,7,13H2. The van der Waals surface area contributed by atoms with E-state index in [0.717, 1.165) is 4.47 Å². The average molecular weight is 312 g/mol. The lowest BCUT2D eigenvalue weighted by Gasteiger charge is -2.04. The molecule has 0 bridgehead atoms. The van der Waals surface area contributed by atoms with Crippen LogP contribution in [0, 0.1) is 0 Å². The topological polar surface area (TPSA) is 68.9 Å². The molecule has 88 valence electrons. The largest absolute Gasteiger partial charge is 0.399 e. The SMILES string of the molecule is Nc1ccc(S(=O)Cc2ncccn2)c(Br)c1. The van der Waals surface area contributed by atoms with E-state index in [2.05, 4.69) is 25.9 Å². The first-order valence-corrected chi connectivity index (χ1v) is 6.97. The molecule has 0 saturated carbocycles. The number of benzene rings is 1. The lowest BCUT2D eigenvalue weighted by atomic mass is 10.3. The molecule has 0 saturated heterocycles. The Bertz CT molecular complexity index is 548. The molecule has 6 heteroatoms. The molecule has 0 radical (unpaired) electrons. The van der Waals surface area contributed by atoms with E-state index in [1.165, 1.54) is 0 Å². The molecular formula is C11H10BrN3OS. The summed E-state index contributed by atoms with van der Waals surface area (Å²) in [6.07, 6.45) is 3.27. The molecule has 1 atom stereocenters. The molecule has 2 rings (SSSR count). The third kappa shape index (κ3) is 3.10. The molecule has 2 N–H and O–H groups in total. The molecule has 4 nitrogen and oxygen atoms in total. The molecule has 0 fully saturated rings. The molecule has 1 aromatic carbocycles. The lowest BCUT2D eigenvalue weighted by molar-refractivity contribution is 0.681. The first-order valence-electron chi connectivity index (χ1n) is 4.86. The van der Waals surface area contributed by atoms with Crippen LogP contribution in [0.15, 0.2) is 46.0 Å². The van der Waals surface area contributed by atoms with Crippen molar-refractivity contribution in [3.63, 3.8) is 0 Å². The van der Waals surface area contributed by atoms with Gasteiger partial charge >= 0.3 is 0 Å². The molecule has 2 aromatic rings. The van der Waals surface area contributed by atoms with Crippen molar-refractivity contribution in [1.29, 1.82) is 0 Å². The Morgan fingerprint density at radius 1 is 1.29 bits per heavy atom. The van der Waals surface area contributed by atoms with Crippen molar-refractivity contribution < 1.29 is 4.21 Å². The first-order chi connectivity index (χ1) is 8.16. The summed E-state index contributed by atoms with van der Waals surface area (Å²) in [4.78, 5) is 8.80. The minimum atomic E-state index is -1.18. The Morgan fingerprint density at radius 3 is 2.65 bits per heavy atom. The number of nitrogens with two attached hydrogens (primary N) is 1. The van der Waals surface area contributed by atoms with E-state index in [4.69, 9.17) is 5.73 Å². The van der Waals surface area contributed by atoms with Gasteiger partial charge in [-0.2, -0.15) is 0 Å². The molecule has 0 spiro atoms. The van der Waals surface area contributed by atoms with Gasteiger partial charge in [-0.15, -0.1) is 0 Å². The maximum atomic E-state index is 12.1. The van der Waals surface area contributed by atoms with Crippen molar-refractivity contribution in [3.05, 3.63) is 47.0 Å². The summed E-state index contributed by atoms with van der Waals surface area (Å²) in [5.74, 6) is 0.859. The lowest BCUT2D eigenvalue weighted by Crippen LogP contribution is -2.01. The van der Waals surface area contributed by atoms with Gasteiger partial charge in [0.1, 0.15) is 5.82 Å². The zero-order valence-corrected chi connectivity index (χ0v) is 11.2. The van der Waals surface area contributed by atoms with Gasteiger partial charge in [0.2, 0.25) is 0 Å². The predicted octanol–water partition coefficient (Wildman–Crippen LogP) is 2.13. The van der Waals surface area contributed by atoms with Crippen LogP contribution in [0.1, 0.15) is 5.82 Å². The molecule has 0 aliphatic heterocycles. The Balaban J connectivity index is 2.21. The van der Waals surface area contributed by atoms with E-state index >= 15 is 0 Å². The summed E-state index contributed by atoms with van der Waals surface area (Å²) in [6.45, 7) is 0. The number of nitrogen functional groups attached to an aromatic ring is 1. The van der Waals surface area contributed by atoms with Crippen LogP contribution >= 0.6 is 15.9 Å². The van der Waals surface area contributed by atoms with Gasteiger partial charge in [0.15, 0.2) is 0 Å². The Kier molecular flexibility index (Phi) is 3.86. The second-order valence-electron chi connectivity index (χ2n) is 3.34. The molecule has 1 unspecified atom stereocenters. The predicted molar refractivity (Wildman–Crippen MR) is 70.7 cm³/mol. The van der Waals surface area contributed by atoms with Crippen molar-refractivity contribution >= 4 is 32.4 Å². The highest BCUT2D eigenvalue weighted by atomic mass is 79.9. The summed E-state index contributed by atoms with van der Waals surface area (Å²) < 4.78 is 12.8. The smallest absolute Gasteiger partial charge is 0.141 e. The summed E-state index contributed by atoms with van der Waals surface area (Å²) in [7, 11) is -1.18. The normalized spacial score (nSPS) is 12.3. The fourth-order valence-electron chi connectivity index (χ4n) is 1.30. The molecule has 1 heterocycles. The van der Waals surface area contributed by atoms with E-state index in [1.54, 1.807) is 36.7 Å². The molecule has 0 amide bonds. The van der Waals surface area contributed by atoms with Gasteiger partial charge in [-0.1, -0.05) is 0 Å². The summed E-state index contributed by atoms with van der Waals surface area (Å²) >= 11 is 3.35. The van der Waals surface area contributed by atoms with Crippen LogP contribution < -0.4 is 5.73 Å². The van der Waals surface area contributed by atoms with Gasteiger partial charge in [-0.3, -0.25) is 4.21 Å². The van der Waals surface area contributed by atoms with E-state index in [0.29, 0.717) is 22.2 Å². The van der Waals surface area contributed by atoms with Gasteiger partial charge in [0, 0.05) is 22.6 Å². The molecular weight excluding hydrogens is 302 g/mol. The van der Waals surface area contributed by atoms with Crippen LogP contribution in [0.25, 0.3) is 0 Å². The molecule has 1 aromatic heterocycles. The highest BCUT2D eigenvalue weighted by Crippen LogP contribution is 2.24. The minimum Gasteiger partial charge on any atom is -0.399 e. The maximum absolute atomic E-state index is 12.1. The molecule has 0 aliphatic rings. The summed E-state index contributed by atoms with van der Waals surface area (Å²) in [6, 6.07) is 6.94. The van der Waals surface area contributed by atoms with Crippen molar-refractivity contribution in [2.75, 3.05) is 5.73 Å². The van der Waals surface area contributed by atoms with Crippen LogP contribution in [0.3, 0.4) is 0 Å². The number of hydrogen-bond donors (Lipinski definition) is 1.